The first kappa shape index (κ1) is 20.5. The van der Waals surface area contributed by atoms with E-state index in [1.54, 1.807) is 38.1 Å². The summed E-state index contributed by atoms with van der Waals surface area (Å²) >= 11 is 0. The molecule has 0 fully saturated rings. The number of rotatable bonds is 7. The number of imide groups is 1. The van der Waals surface area contributed by atoms with E-state index in [2.05, 4.69) is 10.6 Å². The van der Waals surface area contributed by atoms with Gasteiger partial charge in [0.15, 0.2) is 6.10 Å². The van der Waals surface area contributed by atoms with Gasteiger partial charge >= 0.3 is 12.0 Å². The highest BCUT2D eigenvalue weighted by atomic mass is 16.5. The lowest BCUT2D eigenvalue weighted by atomic mass is 10.2. The molecule has 138 valence electrons. The molecule has 0 saturated heterocycles. The number of benzene rings is 1. The highest BCUT2D eigenvalue weighted by Gasteiger charge is 2.21. The molecule has 1 unspecified atom stereocenters. The lowest BCUT2D eigenvalue weighted by Crippen LogP contribution is -2.46. The first-order valence-corrected chi connectivity index (χ1v) is 8.24. The number of ether oxygens (including phenoxy) is 2. The predicted octanol–water partition coefficient (Wildman–Crippen LogP) is 2.50. The summed E-state index contributed by atoms with van der Waals surface area (Å²) in [7, 11) is 0. The largest absolute Gasteiger partial charge is 0.493 e. The molecule has 0 bridgehead atoms. The van der Waals surface area contributed by atoms with Crippen LogP contribution in [0.15, 0.2) is 24.3 Å². The van der Waals surface area contributed by atoms with Crippen molar-refractivity contribution in [2.45, 2.75) is 46.8 Å². The molecule has 0 aliphatic carbocycles. The van der Waals surface area contributed by atoms with Gasteiger partial charge in [-0.1, -0.05) is 19.9 Å². The minimum atomic E-state index is -1.11. The number of esters is 1. The van der Waals surface area contributed by atoms with Crippen LogP contribution >= 0.6 is 0 Å². The Hall–Kier alpha value is -2.57. The maximum Gasteiger partial charge on any atom is 0.339 e. The standard InChI is InChI=1S/C18H26N2O5/c1-11(2)10-24-15-8-6-7-14(9-15)17(22)25-13(5)16(21)20-18(23)19-12(3)4/h6-9,11-13H,10H2,1-5H3,(H2,19,20,21,23). The number of urea groups is 1. The minimum absolute atomic E-state index is 0.112. The van der Waals surface area contributed by atoms with Gasteiger partial charge in [-0.25, -0.2) is 9.59 Å². The van der Waals surface area contributed by atoms with Gasteiger partial charge in [0.1, 0.15) is 5.75 Å². The minimum Gasteiger partial charge on any atom is -0.493 e. The highest BCUT2D eigenvalue weighted by Crippen LogP contribution is 2.15. The normalized spacial score (nSPS) is 11.8. The van der Waals surface area contributed by atoms with Crippen LogP contribution in [0.2, 0.25) is 0 Å². The highest BCUT2D eigenvalue weighted by molar-refractivity contribution is 5.98. The Bertz CT molecular complexity index is 613. The van der Waals surface area contributed by atoms with Crippen LogP contribution in [-0.4, -0.2) is 36.7 Å². The van der Waals surface area contributed by atoms with Gasteiger partial charge in [0.05, 0.1) is 12.2 Å². The summed E-state index contributed by atoms with van der Waals surface area (Å²) in [5.41, 5.74) is 0.271. The van der Waals surface area contributed by atoms with E-state index in [4.69, 9.17) is 9.47 Å². The molecule has 0 aromatic heterocycles. The maximum atomic E-state index is 12.2. The molecular weight excluding hydrogens is 324 g/mol. The molecule has 1 atom stereocenters. The molecular formula is C18H26N2O5. The molecule has 7 nitrogen and oxygen atoms in total. The first-order valence-electron chi connectivity index (χ1n) is 8.24. The summed E-state index contributed by atoms with van der Waals surface area (Å²) in [6, 6.07) is 5.80. The topological polar surface area (TPSA) is 93.7 Å². The molecule has 1 aromatic carbocycles. The van der Waals surface area contributed by atoms with Gasteiger partial charge < -0.3 is 14.8 Å². The van der Waals surface area contributed by atoms with E-state index in [-0.39, 0.29) is 11.6 Å². The van der Waals surface area contributed by atoms with Gasteiger partial charge in [0.25, 0.3) is 5.91 Å². The van der Waals surface area contributed by atoms with E-state index in [9.17, 15) is 14.4 Å². The monoisotopic (exact) mass is 350 g/mol. The van der Waals surface area contributed by atoms with Crippen LogP contribution in [0.4, 0.5) is 4.79 Å². The second kappa shape index (κ2) is 9.66. The van der Waals surface area contributed by atoms with E-state index >= 15 is 0 Å². The number of carbonyl (C=O) groups is 3. The van der Waals surface area contributed by atoms with E-state index in [0.717, 1.165) is 0 Å². The zero-order chi connectivity index (χ0) is 19.0. The first-order chi connectivity index (χ1) is 11.7. The number of hydrogen-bond acceptors (Lipinski definition) is 5. The van der Waals surface area contributed by atoms with Crippen LogP contribution < -0.4 is 15.4 Å². The van der Waals surface area contributed by atoms with Gasteiger partial charge in [0.2, 0.25) is 0 Å². The Morgan fingerprint density at radius 3 is 2.36 bits per heavy atom. The van der Waals surface area contributed by atoms with Crippen LogP contribution in [0.1, 0.15) is 45.0 Å². The molecule has 1 rings (SSSR count). The Labute approximate surface area is 148 Å². The smallest absolute Gasteiger partial charge is 0.339 e. The van der Waals surface area contributed by atoms with Crippen molar-refractivity contribution in [3.8, 4) is 5.75 Å². The Balaban J connectivity index is 2.61. The van der Waals surface area contributed by atoms with Crippen molar-refractivity contribution in [2.75, 3.05) is 6.61 Å². The molecule has 0 aliphatic heterocycles. The predicted molar refractivity (Wildman–Crippen MR) is 93.5 cm³/mol. The van der Waals surface area contributed by atoms with Crippen molar-refractivity contribution in [1.29, 1.82) is 0 Å². The van der Waals surface area contributed by atoms with E-state index in [1.165, 1.54) is 6.92 Å². The van der Waals surface area contributed by atoms with E-state index < -0.39 is 24.0 Å². The second-order valence-electron chi connectivity index (χ2n) is 6.40. The fourth-order valence-corrected chi connectivity index (χ4v) is 1.77. The summed E-state index contributed by atoms with van der Waals surface area (Å²) in [5.74, 6) is -0.450. The molecule has 7 heteroatoms. The molecule has 0 aliphatic rings. The average molecular weight is 350 g/mol. The third-order valence-corrected chi connectivity index (χ3v) is 2.96. The van der Waals surface area contributed by atoms with Crippen molar-refractivity contribution >= 4 is 17.9 Å². The van der Waals surface area contributed by atoms with Crippen LogP contribution in [-0.2, 0) is 9.53 Å². The van der Waals surface area contributed by atoms with Crippen LogP contribution in [0.3, 0.4) is 0 Å². The molecule has 2 N–H and O–H groups in total. The van der Waals surface area contributed by atoms with Crippen molar-refractivity contribution < 1.29 is 23.9 Å². The Morgan fingerprint density at radius 1 is 1.08 bits per heavy atom. The molecule has 0 spiro atoms. The summed E-state index contributed by atoms with van der Waals surface area (Å²) in [4.78, 5) is 35.5. The molecule has 0 heterocycles. The van der Waals surface area contributed by atoms with Gasteiger partial charge in [-0.3, -0.25) is 10.1 Å². The SMILES string of the molecule is CC(C)COc1cccc(C(=O)OC(C)C(=O)NC(=O)NC(C)C)c1. The number of hydrogen-bond donors (Lipinski definition) is 2. The van der Waals surface area contributed by atoms with Gasteiger partial charge in [-0.05, 0) is 44.9 Å². The quantitative estimate of drug-likeness (QED) is 0.737. The lowest BCUT2D eigenvalue weighted by Gasteiger charge is -2.15. The number of nitrogens with one attached hydrogen (secondary N) is 2. The van der Waals surface area contributed by atoms with Crippen molar-refractivity contribution in [2.24, 2.45) is 5.92 Å². The van der Waals surface area contributed by atoms with Gasteiger partial charge in [-0.15, -0.1) is 0 Å². The Morgan fingerprint density at radius 2 is 1.76 bits per heavy atom. The Kier molecular flexibility index (Phi) is 7.91. The molecule has 0 radical (unpaired) electrons. The van der Waals surface area contributed by atoms with Crippen molar-refractivity contribution in [3.05, 3.63) is 29.8 Å². The summed E-state index contributed by atoms with van der Waals surface area (Å²) < 4.78 is 10.7. The lowest BCUT2D eigenvalue weighted by molar-refractivity contribution is -0.127. The number of amides is 3. The third-order valence-electron chi connectivity index (χ3n) is 2.96. The van der Waals surface area contributed by atoms with Crippen molar-refractivity contribution in [1.82, 2.24) is 10.6 Å². The second-order valence-corrected chi connectivity index (χ2v) is 6.40. The van der Waals surface area contributed by atoms with E-state index in [1.807, 2.05) is 13.8 Å². The fourth-order valence-electron chi connectivity index (χ4n) is 1.77. The summed E-state index contributed by atoms with van der Waals surface area (Å²) in [6.45, 7) is 9.50. The fraction of sp³-hybridized carbons (Fsp3) is 0.500. The zero-order valence-corrected chi connectivity index (χ0v) is 15.3. The third kappa shape index (κ3) is 7.69. The maximum absolute atomic E-state index is 12.2. The van der Waals surface area contributed by atoms with Gasteiger partial charge in [-0.2, -0.15) is 0 Å². The average Bonchev–Trinajstić information content (AvgIpc) is 2.52. The van der Waals surface area contributed by atoms with E-state index in [0.29, 0.717) is 18.3 Å². The molecule has 1 aromatic rings. The summed E-state index contributed by atoms with van der Waals surface area (Å²) in [6.07, 6.45) is -1.11. The van der Waals surface area contributed by atoms with Crippen LogP contribution in [0.25, 0.3) is 0 Å². The molecule has 3 amide bonds. The zero-order valence-electron chi connectivity index (χ0n) is 15.3. The summed E-state index contributed by atoms with van der Waals surface area (Å²) in [5, 5.41) is 4.64. The van der Waals surface area contributed by atoms with Crippen LogP contribution in [0.5, 0.6) is 5.75 Å². The molecule has 0 saturated carbocycles. The molecule has 25 heavy (non-hydrogen) atoms. The van der Waals surface area contributed by atoms with Crippen molar-refractivity contribution in [3.63, 3.8) is 0 Å². The number of carbonyl (C=O) groups excluding carboxylic acids is 3. The van der Waals surface area contributed by atoms with Crippen LogP contribution in [0, 0.1) is 5.92 Å². The van der Waals surface area contributed by atoms with Gasteiger partial charge in [0, 0.05) is 6.04 Å².